The van der Waals surface area contributed by atoms with Crippen molar-refractivity contribution in [2.75, 3.05) is 0 Å². The first kappa shape index (κ1) is 16.3. The third-order valence-electron chi connectivity index (χ3n) is 4.61. The maximum absolute atomic E-state index is 12.6. The lowest BCUT2D eigenvalue weighted by Gasteiger charge is -2.14. The van der Waals surface area contributed by atoms with Gasteiger partial charge in [-0.05, 0) is 57.6 Å². The molecule has 0 unspecified atom stereocenters. The van der Waals surface area contributed by atoms with E-state index in [9.17, 15) is 4.79 Å². The molecule has 3 atom stereocenters. The highest BCUT2D eigenvalue weighted by atomic mass is 32.1. The standard InChI is InChI=1S/C18H27NOS/c1-10(2)8-15-16(18(15,6)7)17(20)19-12(4)14-9-11(3)21-13(14)5/h8-9,12,15-16H,1-7H3,(H,19,20)/t12-,15+,16-/m0/s1. The summed E-state index contributed by atoms with van der Waals surface area (Å²) in [6.45, 7) is 14.9. The van der Waals surface area contributed by atoms with Crippen molar-refractivity contribution in [3.8, 4) is 0 Å². The van der Waals surface area contributed by atoms with Gasteiger partial charge in [-0.3, -0.25) is 4.79 Å². The van der Waals surface area contributed by atoms with Gasteiger partial charge in [0.2, 0.25) is 5.91 Å². The third-order valence-corrected chi connectivity index (χ3v) is 5.59. The van der Waals surface area contributed by atoms with Crippen molar-refractivity contribution in [3.63, 3.8) is 0 Å². The van der Waals surface area contributed by atoms with Gasteiger partial charge in [0.25, 0.3) is 0 Å². The van der Waals surface area contributed by atoms with E-state index in [1.165, 1.54) is 20.9 Å². The second-order valence-electron chi connectivity index (χ2n) is 7.17. The summed E-state index contributed by atoms with van der Waals surface area (Å²) in [6, 6.07) is 2.28. The first-order chi connectivity index (χ1) is 9.64. The molecule has 0 spiro atoms. The van der Waals surface area contributed by atoms with E-state index in [2.05, 4.69) is 65.9 Å². The van der Waals surface area contributed by atoms with Gasteiger partial charge in [0.05, 0.1) is 12.0 Å². The van der Waals surface area contributed by atoms with Gasteiger partial charge < -0.3 is 5.32 Å². The first-order valence-corrected chi connectivity index (χ1v) is 8.48. The van der Waals surface area contributed by atoms with Crippen LogP contribution in [0.15, 0.2) is 17.7 Å². The van der Waals surface area contributed by atoms with Gasteiger partial charge in [-0.15, -0.1) is 11.3 Å². The quantitative estimate of drug-likeness (QED) is 0.797. The largest absolute Gasteiger partial charge is 0.349 e. The molecule has 1 aromatic rings. The summed E-state index contributed by atoms with van der Waals surface area (Å²) < 4.78 is 0. The maximum Gasteiger partial charge on any atom is 0.224 e. The lowest BCUT2D eigenvalue weighted by molar-refractivity contribution is -0.123. The molecule has 0 aromatic carbocycles. The molecular formula is C18H27NOS. The molecule has 3 heteroatoms. The number of hydrogen-bond donors (Lipinski definition) is 1. The van der Waals surface area contributed by atoms with Gasteiger partial charge in [-0.25, -0.2) is 0 Å². The van der Waals surface area contributed by atoms with Gasteiger partial charge >= 0.3 is 0 Å². The fraction of sp³-hybridized carbons (Fsp3) is 0.611. The molecule has 1 saturated carbocycles. The second-order valence-corrected chi connectivity index (χ2v) is 8.63. The van der Waals surface area contributed by atoms with E-state index in [0.29, 0.717) is 5.92 Å². The molecule has 2 nitrogen and oxygen atoms in total. The van der Waals surface area contributed by atoms with Crippen LogP contribution in [0.1, 0.15) is 56.0 Å². The van der Waals surface area contributed by atoms with Crippen molar-refractivity contribution in [1.29, 1.82) is 0 Å². The van der Waals surface area contributed by atoms with E-state index in [-0.39, 0.29) is 23.3 Å². The van der Waals surface area contributed by atoms with E-state index in [1.807, 2.05) is 0 Å². The summed E-state index contributed by atoms with van der Waals surface area (Å²) in [5, 5.41) is 3.21. The first-order valence-electron chi connectivity index (χ1n) is 7.67. The summed E-state index contributed by atoms with van der Waals surface area (Å²) in [5.74, 6) is 0.674. The predicted molar refractivity (Wildman–Crippen MR) is 90.5 cm³/mol. The number of aryl methyl sites for hydroxylation is 2. The van der Waals surface area contributed by atoms with Crippen molar-refractivity contribution < 1.29 is 4.79 Å². The molecule has 1 amide bonds. The molecule has 1 aromatic heterocycles. The van der Waals surface area contributed by atoms with Crippen molar-refractivity contribution in [1.82, 2.24) is 5.32 Å². The Labute approximate surface area is 132 Å². The van der Waals surface area contributed by atoms with Crippen LogP contribution in [0.5, 0.6) is 0 Å². The van der Waals surface area contributed by atoms with Crippen molar-refractivity contribution >= 4 is 17.2 Å². The monoisotopic (exact) mass is 305 g/mol. The molecular weight excluding hydrogens is 278 g/mol. The van der Waals surface area contributed by atoms with Crippen LogP contribution in [-0.2, 0) is 4.79 Å². The Morgan fingerprint density at radius 1 is 1.38 bits per heavy atom. The fourth-order valence-corrected chi connectivity index (χ4v) is 4.33. The van der Waals surface area contributed by atoms with Gasteiger partial charge in [0.1, 0.15) is 0 Å². The molecule has 0 saturated heterocycles. The fourth-order valence-electron chi connectivity index (χ4n) is 3.31. The van der Waals surface area contributed by atoms with E-state index >= 15 is 0 Å². The van der Waals surface area contributed by atoms with Crippen LogP contribution >= 0.6 is 11.3 Å². The Bertz CT molecular complexity index is 578. The number of hydrogen-bond acceptors (Lipinski definition) is 2. The van der Waals surface area contributed by atoms with E-state index in [1.54, 1.807) is 11.3 Å². The van der Waals surface area contributed by atoms with Gasteiger partial charge in [-0.1, -0.05) is 25.5 Å². The Hall–Kier alpha value is -1.09. The van der Waals surface area contributed by atoms with Crippen LogP contribution in [0, 0.1) is 31.1 Å². The number of thiophene rings is 1. The van der Waals surface area contributed by atoms with Gasteiger partial charge in [0, 0.05) is 9.75 Å². The average Bonchev–Trinajstić information content (AvgIpc) is 2.68. The van der Waals surface area contributed by atoms with Crippen molar-refractivity contribution in [3.05, 3.63) is 33.0 Å². The third kappa shape index (κ3) is 3.23. The Balaban J connectivity index is 2.06. The summed E-state index contributed by atoms with van der Waals surface area (Å²) >= 11 is 1.80. The van der Waals surface area contributed by atoms with Crippen molar-refractivity contribution in [2.24, 2.45) is 17.3 Å². The number of allylic oxidation sites excluding steroid dienone is 2. The minimum absolute atomic E-state index is 0.0840. The maximum atomic E-state index is 12.6. The SMILES string of the molecule is CC(C)=C[C@@H]1[C@@H](C(=O)N[C@@H](C)c2cc(C)sc2C)C1(C)C. The average molecular weight is 305 g/mol. The minimum atomic E-state index is 0.0840. The number of rotatable bonds is 4. The zero-order valence-corrected chi connectivity index (χ0v) is 15.0. The normalized spacial score (nSPS) is 24.3. The van der Waals surface area contributed by atoms with Crippen LogP contribution in [-0.4, -0.2) is 5.91 Å². The number of carbonyl (C=O) groups excluding carboxylic acids is 1. The Morgan fingerprint density at radius 2 is 2.00 bits per heavy atom. The molecule has 1 N–H and O–H groups in total. The van der Waals surface area contributed by atoms with Crippen LogP contribution in [0.2, 0.25) is 0 Å². The predicted octanol–water partition coefficient (Wildman–Crippen LogP) is 4.78. The van der Waals surface area contributed by atoms with Crippen molar-refractivity contribution in [2.45, 2.75) is 54.5 Å². The number of carbonyl (C=O) groups is 1. The molecule has 0 aliphatic heterocycles. The summed E-state index contributed by atoms with van der Waals surface area (Å²) in [4.78, 5) is 15.2. The summed E-state index contributed by atoms with van der Waals surface area (Å²) in [7, 11) is 0. The molecule has 2 rings (SSSR count). The second kappa shape index (κ2) is 5.60. The zero-order valence-electron chi connectivity index (χ0n) is 14.2. The topological polar surface area (TPSA) is 29.1 Å². The molecule has 21 heavy (non-hydrogen) atoms. The minimum Gasteiger partial charge on any atom is -0.349 e. The van der Waals surface area contributed by atoms with Gasteiger partial charge in [0.15, 0.2) is 0 Å². The lowest BCUT2D eigenvalue weighted by Crippen LogP contribution is -2.29. The molecule has 1 heterocycles. The van der Waals surface area contributed by atoms with E-state index in [4.69, 9.17) is 0 Å². The number of amides is 1. The molecule has 116 valence electrons. The highest BCUT2D eigenvalue weighted by Crippen LogP contribution is 2.59. The zero-order chi connectivity index (χ0) is 15.9. The van der Waals surface area contributed by atoms with Crippen LogP contribution in [0.3, 0.4) is 0 Å². The molecule has 0 bridgehead atoms. The molecule has 0 radical (unpaired) electrons. The van der Waals surface area contributed by atoms with Crippen LogP contribution in [0.25, 0.3) is 0 Å². The highest BCUT2D eigenvalue weighted by Gasteiger charge is 2.60. The molecule has 1 aliphatic rings. The summed E-state index contributed by atoms with van der Waals surface area (Å²) in [6.07, 6.45) is 2.24. The molecule has 1 aliphatic carbocycles. The molecule has 1 fully saturated rings. The van der Waals surface area contributed by atoms with Crippen LogP contribution < -0.4 is 5.32 Å². The summed E-state index contributed by atoms with van der Waals surface area (Å²) in [5.41, 5.74) is 2.63. The smallest absolute Gasteiger partial charge is 0.224 e. The Morgan fingerprint density at radius 3 is 2.48 bits per heavy atom. The van der Waals surface area contributed by atoms with E-state index < -0.39 is 0 Å². The Kier molecular flexibility index (Phi) is 4.34. The van der Waals surface area contributed by atoms with Crippen LogP contribution in [0.4, 0.5) is 0 Å². The van der Waals surface area contributed by atoms with E-state index in [0.717, 1.165) is 0 Å². The highest BCUT2D eigenvalue weighted by molar-refractivity contribution is 7.12. The number of nitrogens with one attached hydrogen (secondary N) is 1. The van der Waals surface area contributed by atoms with Gasteiger partial charge in [-0.2, -0.15) is 0 Å². The lowest BCUT2D eigenvalue weighted by atomic mass is 10.1.